The molecule has 2 aliphatic rings. The van der Waals surface area contributed by atoms with E-state index in [1.807, 2.05) is 24.0 Å². The molecule has 25 heavy (non-hydrogen) atoms. The summed E-state index contributed by atoms with van der Waals surface area (Å²) in [6.45, 7) is 2.27. The molecule has 5 heteroatoms. The zero-order valence-corrected chi connectivity index (χ0v) is 15.8. The molecule has 0 bridgehead atoms. The molecule has 3 heterocycles. The fraction of sp³-hybridized carbons (Fsp3) is 0.400. The third-order valence-corrected chi connectivity index (χ3v) is 6.21. The first kappa shape index (κ1) is 16.5. The molecular weight excluding hydrogens is 328 g/mol. The van der Waals surface area contributed by atoms with Gasteiger partial charge in [-0.1, -0.05) is 36.9 Å². The van der Waals surface area contributed by atoms with Crippen LogP contribution in [-0.4, -0.2) is 40.9 Å². The van der Waals surface area contributed by atoms with E-state index in [4.69, 9.17) is 4.99 Å². The summed E-state index contributed by atoms with van der Waals surface area (Å²) in [6.07, 6.45) is 3.02. The fourth-order valence-corrected chi connectivity index (χ4v) is 5.02. The number of rotatable bonds is 4. The van der Waals surface area contributed by atoms with Crippen LogP contribution in [0.2, 0.25) is 0 Å². The highest BCUT2D eigenvalue weighted by atomic mass is 32.2. The van der Waals surface area contributed by atoms with Crippen molar-refractivity contribution in [2.45, 2.75) is 31.5 Å². The molecule has 0 spiro atoms. The Morgan fingerprint density at radius 3 is 2.60 bits per heavy atom. The Kier molecular flexibility index (Phi) is 4.42. The van der Waals surface area contributed by atoms with Gasteiger partial charge in [-0.25, -0.2) is 0 Å². The van der Waals surface area contributed by atoms with Crippen LogP contribution < -0.4 is 4.90 Å². The molecule has 1 aromatic carbocycles. The Hall–Kier alpha value is -2.01. The van der Waals surface area contributed by atoms with Gasteiger partial charge in [-0.05, 0) is 36.2 Å². The lowest BCUT2D eigenvalue weighted by Gasteiger charge is -2.32. The number of aliphatic imine (C=N–C) groups is 1. The number of thioether (sulfide) groups is 1. The number of benzene rings is 1. The average molecular weight is 353 g/mol. The highest BCUT2D eigenvalue weighted by Gasteiger charge is 2.45. The maximum absolute atomic E-state index is 5.07. The van der Waals surface area contributed by atoms with Crippen molar-refractivity contribution < 1.29 is 0 Å². The van der Waals surface area contributed by atoms with Gasteiger partial charge in [0.25, 0.3) is 0 Å². The summed E-state index contributed by atoms with van der Waals surface area (Å²) in [7, 11) is 4.15. The molecule has 130 valence electrons. The van der Waals surface area contributed by atoms with Crippen molar-refractivity contribution in [3.05, 3.63) is 59.9 Å². The number of anilines is 1. The van der Waals surface area contributed by atoms with Crippen LogP contribution in [0.3, 0.4) is 0 Å². The van der Waals surface area contributed by atoms with Crippen LogP contribution in [0.15, 0.2) is 53.7 Å². The lowest BCUT2D eigenvalue weighted by Crippen LogP contribution is -2.35. The van der Waals surface area contributed by atoms with Gasteiger partial charge < -0.3 is 9.80 Å². The van der Waals surface area contributed by atoms with Gasteiger partial charge in [-0.3, -0.25) is 9.98 Å². The van der Waals surface area contributed by atoms with E-state index in [2.05, 4.69) is 72.2 Å². The number of fused-ring (bicyclic) bond motifs is 1. The van der Waals surface area contributed by atoms with E-state index in [-0.39, 0.29) is 12.1 Å². The molecule has 2 aliphatic heterocycles. The standard InChI is InChI=1S/C20H24N4S/c1-4-15-13-25-20-22-18(17-7-5-6-12-21-17)19(24(15)20)14-8-10-16(11-9-14)23(2)3/h5-12,15,18-19H,4,13H2,1-3H3/t15-,18-,19-/m1/s1. The van der Waals surface area contributed by atoms with E-state index in [0.717, 1.165) is 17.9 Å². The van der Waals surface area contributed by atoms with Crippen LogP contribution in [0.25, 0.3) is 0 Å². The lowest BCUT2D eigenvalue weighted by atomic mass is 9.95. The molecule has 4 nitrogen and oxygen atoms in total. The number of aromatic nitrogens is 1. The van der Waals surface area contributed by atoms with E-state index >= 15 is 0 Å². The minimum atomic E-state index is 0.0725. The monoisotopic (exact) mass is 352 g/mol. The Morgan fingerprint density at radius 1 is 1.16 bits per heavy atom. The summed E-state index contributed by atoms with van der Waals surface area (Å²) in [4.78, 5) is 14.3. The zero-order valence-electron chi connectivity index (χ0n) is 15.0. The SMILES string of the molecule is CC[C@@H]1CSC2=N[C@H](c3ccccn3)[C@@H](c3ccc(N(C)C)cc3)N21. The number of nitrogens with zero attached hydrogens (tertiary/aromatic N) is 4. The number of hydrogen-bond donors (Lipinski definition) is 0. The molecule has 0 radical (unpaired) electrons. The smallest absolute Gasteiger partial charge is 0.160 e. The second-order valence-electron chi connectivity index (χ2n) is 6.82. The zero-order chi connectivity index (χ0) is 17.4. The molecule has 1 aromatic heterocycles. The van der Waals surface area contributed by atoms with Gasteiger partial charge in [-0.2, -0.15) is 0 Å². The van der Waals surface area contributed by atoms with Gasteiger partial charge >= 0.3 is 0 Å². The van der Waals surface area contributed by atoms with Gasteiger partial charge in [-0.15, -0.1) is 0 Å². The molecule has 4 rings (SSSR count). The van der Waals surface area contributed by atoms with Crippen LogP contribution in [0.4, 0.5) is 5.69 Å². The minimum absolute atomic E-state index is 0.0725. The van der Waals surface area contributed by atoms with Crippen molar-refractivity contribution >= 4 is 22.6 Å². The maximum atomic E-state index is 5.07. The summed E-state index contributed by atoms with van der Waals surface area (Å²) in [6, 6.07) is 15.9. The Labute approximate surface area is 154 Å². The quantitative estimate of drug-likeness (QED) is 0.828. The first-order chi connectivity index (χ1) is 12.2. The van der Waals surface area contributed by atoms with Gasteiger partial charge in [0.2, 0.25) is 0 Å². The second kappa shape index (κ2) is 6.71. The molecule has 3 atom stereocenters. The molecule has 0 N–H and O–H groups in total. The fourth-order valence-electron chi connectivity index (χ4n) is 3.68. The largest absolute Gasteiger partial charge is 0.378 e. The maximum Gasteiger partial charge on any atom is 0.160 e. The molecule has 0 unspecified atom stereocenters. The first-order valence-electron chi connectivity index (χ1n) is 8.86. The number of amidine groups is 1. The molecule has 0 aliphatic carbocycles. The van der Waals surface area contributed by atoms with Gasteiger partial charge in [0.1, 0.15) is 6.04 Å². The second-order valence-corrected chi connectivity index (χ2v) is 7.81. The third kappa shape index (κ3) is 2.91. The van der Waals surface area contributed by atoms with Crippen LogP contribution in [-0.2, 0) is 0 Å². The Morgan fingerprint density at radius 2 is 1.96 bits per heavy atom. The minimum Gasteiger partial charge on any atom is -0.378 e. The molecule has 1 fully saturated rings. The summed E-state index contributed by atoms with van der Waals surface area (Å²) in [5.41, 5.74) is 3.60. The van der Waals surface area contributed by atoms with E-state index in [1.165, 1.54) is 16.4 Å². The average Bonchev–Trinajstić information content (AvgIpc) is 3.21. The highest BCUT2D eigenvalue weighted by molar-refractivity contribution is 8.14. The molecule has 0 amide bonds. The topological polar surface area (TPSA) is 31.7 Å². The number of hydrogen-bond acceptors (Lipinski definition) is 5. The van der Waals surface area contributed by atoms with Crippen molar-refractivity contribution in [2.24, 2.45) is 4.99 Å². The summed E-state index contributed by atoms with van der Waals surface area (Å²) < 4.78 is 0. The summed E-state index contributed by atoms with van der Waals surface area (Å²) in [5.74, 6) is 1.14. The van der Waals surface area contributed by atoms with Crippen LogP contribution >= 0.6 is 11.8 Å². The lowest BCUT2D eigenvalue weighted by molar-refractivity contribution is 0.255. The molecule has 1 saturated heterocycles. The van der Waals surface area contributed by atoms with Crippen molar-refractivity contribution in [3.8, 4) is 0 Å². The van der Waals surface area contributed by atoms with E-state index < -0.39 is 0 Å². The van der Waals surface area contributed by atoms with Crippen molar-refractivity contribution in [1.29, 1.82) is 0 Å². The molecule has 2 aromatic rings. The summed E-state index contributed by atoms with van der Waals surface area (Å²) >= 11 is 1.89. The van der Waals surface area contributed by atoms with E-state index in [0.29, 0.717) is 6.04 Å². The van der Waals surface area contributed by atoms with Crippen molar-refractivity contribution in [3.63, 3.8) is 0 Å². The predicted octanol–water partition coefficient (Wildman–Crippen LogP) is 4.13. The Bertz CT molecular complexity index is 757. The molecule has 0 saturated carbocycles. The van der Waals surface area contributed by atoms with E-state index in [9.17, 15) is 0 Å². The summed E-state index contributed by atoms with van der Waals surface area (Å²) in [5, 5.41) is 1.18. The van der Waals surface area contributed by atoms with Crippen molar-refractivity contribution in [2.75, 3.05) is 24.7 Å². The Balaban J connectivity index is 1.75. The predicted molar refractivity (Wildman–Crippen MR) is 106 cm³/mol. The van der Waals surface area contributed by atoms with Gasteiger partial charge in [0, 0.05) is 37.8 Å². The highest BCUT2D eigenvalue weighted by Crippen LogP contribution is 2.48. The first-order valence-corrected chi connectivity index (χ1v) is 9.84. The van der Waals surface area contributed by atoms with Gasteiger partial charge in [0.15, 0.2) is 5.17 Å². The third-order valence-electron chi connectivity index (χ3n) is 5.08. The van der Waals surface area contributed by atoms with Crippen LogP contribution in [0.5, 0.6) is 0 Å². The van der Waals surface area contributed by atoms with Crippen LogP contribution in [0.1, 0.15) is 36.7 Å². The van der Waals surface area contributed by atoms with E-state index in [1.54, 1.807) is 0 Å². The normalized spacial score (nSPS) is 25.0. The van der Waals surface area contributed by atoms with Crippen molar-refractivity contribution in [1.82, 2.24) is 9.88 Å². The van der Waals surface area contributed by atoms with Crippen LogP contribution in [0, 0.1) is 0 Å². The molecular formula is C20H24N4S. The number of pyridine rings is 1. The van der Waals surface area contributed by atoms with Gasteiger partial charge in [0.05, 0.1) is 11.7 Å².